The molecule has 1 aromatic carbocycles. The summed E-state index contributed by atoms with van der Waals surface area (Å²) in [6, 6.07) is 8.48. The number of carbonyl (C=O) groups is 2. The quantitative estimate of drug-likeness (QED) is 0.696. The Morgan fingerprint density at radius 2 is 1.74 bits per heavy atom. The predicted molar refractivity (Wildman–Crippen MR) is 125 cm³/mol. The minimum atomic E-state index is -0.186. The summed E-state index contributed by atoms with van der Waals surface area (Å²) in [5.74, 6) is 0.402. The summed E-state index contributed by atoms with van der Waals surface area (Å²) in [5.41, 5.74) is 1.98. The second kappa shape index (κ2) is 11.4. The fourth-order valence-electron chi connectivity index (χ4n) is 4.60. The van der Waals surface area contributed by atoms with Crippen molar-refractivity contribution >= 4 is 23.4 Å². The first kappa shape index (κ1) is 23.4. The van der Waals surface area contributed by atoms with E-state index >= 15 is 0 Å². The van der Waals surface area contributed by atoms with E-state index in [1.54, 1.807) is 0 Å². The second-order valence-corrected chi connectivity index (χ2v) is 9.14. The summed E-state index contributed by atoms with van der Waals surface area (Å²) in [5, 5.41) is 3.12. The van der Waals surface area contributed by atoms with Crippen molar-refractivity contribution in [3.63, 3.8) is 0 Å². The number of ether oxygens (including phenoxy) is 1. The molecule has 0 aromatic heterocycles. The van der Waals surface area contributed by atoms with E-state index in [1.165, 1.54) is 20.0 Å². The molecule has 2 fully saturated rings. The van der Waals surface area contributed by atoms with Gasteiger partial charge in [-0.05, 0) is 49.4 Å². The Kier molecular flexibility index (Phi) is 8.58. The third-order valence-corrected chi connectivity index (χ3v) is 6.32. The molecule has 172 valence electrons. The molecule has 7 heteroatoms. The fourth-order valence-corrected chi connectivity index (χ4v) is 4.60. The summed E-state index contributed by atoms with van der Waals surface area (Å²) in [6.07, 6.45) is 5.67. The summed E-state index contributed by atoms with van der Waals surface area (Å²) in [6.45, 7) is 9.06. The highest BCUT2D eigenvalue weighted by Crippen LogP contribution is 2.24. The third-order valence-electron chi connectivity index (χ3n) is 6.32. The summed E-state index contributed by atoms with van der Waals surface area (Å²) in [4.78, 5) is 30.9. The zero-order valence-corrected chi connectivity index (χ0v) is 19.3. The number of piperazine rings is 1. The van der Waals surface area contributed by atoms with Crippen molar-refractivity contribution < 1.29 is 14.3 Å². The monoisotopic (exact) mass is 430 g/mol. The molecule has 0 spiro atoms. The van der Waals surface area contributed by atoms with Crippen LogP contribution in [0.2, 0.25) is 0 Å². The van der Waals surface area contributed by atoms with Crippen LogP contribution in [0, 0.1) is 5.92 Å². The molecule has 0 aliphatic carbocycles. The molecule has 1 N–H and O–H groups in total. The predicted octanol–water partition coefficient (Wildman–Crippen LogP) is 3.80. The van der Waals surface area contributed by atoms with Crippen LogP contribution < -0.4 is 10.2 Å². The van der Waals surface area contributed by atoms with Gasteiger partial charge in [0.1, 0.15) is 0 Å². The molecule has 3 rings (SSSR count). The Bertz CT molecular complexity index is 714. The molecule has 0 bridgehead atoms. The van der Waals surface area contributed by atoms with Crippen LogP contribution in [0.25, 0.3) is 0 Å². The summed E-state index contributed by atoms with van der Waals surface area (Å²) >= 11 is 0. The zero-order chi connectivity index (χ0) is 22.2. The number of nitrogens with zero attached hydrogens (tertiary/aromatic N) is 3. The van der Waals surface area contributed by atoms with Gasteiger partial charge in [0.2, 0.25) is 0 Å². The Morgan fingerprint density at radius 1 is 1.03 bits per heavy atom. The first-order valence-corrected chi connectivity index (χ1v) is 11.7. The van der Waals surface area contributed by atoms with Crippen LogP contribution in [-0.2, 0) is 9.53 Å². The van der Waals surface area contributed by atoms with Gasteiger partial charge in [-0.15, -0.1) is 0 Å². The molecule has 0 radical (unpaired) electrons. The topological polar surface area (TPSA) is 65.1 Å². The minimum Gasteiger partial charge on any atom is -0.468 e. The van der Waals surface area contributed by atoms with Crippen molar-refractivity contribution in [3.8, 4) is 0 Å². The van der Waals surface area contributed by atoms with Crippen molar-refractivity contribution in [2.24, 2.45) is 5.92 Å². The van der Waals surface area contributed by atoms with Crippen LogP contribution in [-0.4, -0.2) is 74.2 Å². The van der Waals surface area contributed by atoms with E-state index in [9.17, 15) is 9.59 Å². The average molecular weight is 431 g/mol. The lowest BCUT2D eigenvalue weighted by atomic mass is 9.99. The Labute approximate surface area is 186 Å². The van der Waals surface area contributed by atoms with E-state index in [4.69, 9.17) is 4.74 Å². The number of nitrogens with one attached hydrogen (secondary N) is 1. The van der Waals surface area contributed by atoms with Gasteiger partial charge in [0.25, 0.3) is 0 Å². The van der Waals surface area contributed by atoms with Gasteiger partial charge in [-0.3, -0.25) is 9.69 Å². The highest BCUT2D eigenvalue weighted by atomic mass is 16.5. The highest BCUT2D eigenvalue weighted by molar-refractivity contribution is 5.89. The van der Waals surface area contributed by atoms with Crippen LogP contribution in [0.3, 0.4) is 0 Å². The van der Waals surface area contributed by atoms with E-state index in [-0.39, 0.29) is 12.0 Å². The zero-order valence-electron chi connectivity index (χ0n) is 19.3. The molecule has 31 heavy (non-hydrogen) atoms. The highest BCUT2D eigenvalue weighted by Gasteiger charge is 2.26. The number of methoxy groups -OCH3 is 1. The van der Waals surface area contributed by atoms with Crippen LogP contribution in [0.4, 0.5) is 16.2 Å². The molecule has 1 unspecified atom stereocenters. The fraction of sp³-hybridized carbons (Fsp3) is 0.667. The molecule has 1 aromatic rings. The number of amides is 2. The normalized spacial score (nSPS) is 20.5. The number of likely N-dealkylation sites (tertiary alicyclic amines) is 1. The van der Waals surface area contributed by atoms with Gasteiger partial charge < -0.3 is 19.9 Å². The van der Waals surface area contributed by atoms with Crippen LogP contribution in [0.15, 0.2) is 24.3 Å². The number of anilines is 2. The van der Waals surface area contributed by atoms with Gasteiger partial charge >= 0.3 is 12.0 Å². The Morgan fingerprint density at radius 3 is 2.39 bits per heavy atom. The first-order valence-electron chi connectivity index (χ1n) is 11.7. The maximum atomic E-state index is 13.0. The number of benzene rings is 1. The van der Waals surface area contributed by atoms with Gasteiger partial charge in [-0.2, -0.15) is 0 Å². The summed E-state index contributed by atoms with van der Waals surface area (Å²) in [7, 11) is 1.43. The molecule has 2 heterocycles. The van der Waals surface area contributed by atoms with E-state index in [2.05, 4.69) is 46.0 Å². The summed E-state index contributed by atoms with van der Waals surface area (Å²) < 4.78 is 4.75. The van der Waals surface area contributed by atoms with Crippen molar-refractivity contribution in [2.45, 2.75) is 52.0 Å². The van der Waals surface area contributed by atoms with E-state index in [1.807, 2.05) is 12.1 Å². The van der Waals surface area contributed by atoms with E-state index in [0.29, 0.717) is 18.5 Å². The Hall–Kier alpha value is -2.28. The second-order valence-electron chi connectivity index (χ2n) is 9.14. The largest absolute Gasteiger partial charge is 0.468 e. The first-order chi connectivity index (χ1) is 15.0. The molecule has 7 nitrogen and oxygen atoms in total. The molecule has 0 saturated carbocycles. The number of esters is 1. The van der Waals surface area contributed by atoms with Crippen LogP contribution >= 0.6 is 0 Å². The maximum absolute atomic E-state index is 13.0. The third kappa shape index (κ3) is 6.86. The Balaban J connectivity index is 1.54. The SMILES string of the molecule is COC(=O)CN1CCN(c2ccc(NC(=O)N3CCCCCC3CC(C)C)cc2)CC1. The minimum absolute atomic E-state index is 0.0247. The number of rotatable bonds is 6. The van der Waals surface area contributed by atoms with Gasteiger partial charge in [-0.1, -0.05) is 26.7 Å². The van der Waals surface area contributed by atoms with Crippen molar-refractivity contribution in [1.82, 2.24) is 9.80 Å². The van der Waals surface area contributed by atoms with Gasteiger partial charge in [0.15, 0.2) is 0 Å². The van der Waals surface area contributed by atoms with Crippen LogP contribution in [0.5, 0.6) is 0 Å². The van der Waals surface area contributed by atoms with Gasteiger partial charge in [0, 0.05) is 50.1 Å². The van der Waals surface area contributed by atoms with E-state index < -0.39 is 0 Å². The number of hydrogen-bond acceptors (Lipinski definition) is 5. The number of urea groups is 1. The molecule has 1 atom stereocenters. The van der Waals surface area contributed by atoms with Crippen molar-refractivity contribution in [3.05, 3.63) is 24.3 Å². The molecular weight excluding hydrogens is 392 g/mol. The smallest absolute Gasteiger partial charge is 0.322 e. The van der Waals surface area contributed by atoms with Crippen molar-refractivity contribution in [2.75, 3.05) is 56.6 Å². The molecule has 2 aliphatic rings. The lowest BCUT2D eigenvalue weighted by Crippen LogP contribution is -2.48. The molecular formula is C24H38N4O3. The van der Waals surface area contributed by atoms with Gasteiger partial charge in [-0.25, -0.2) is 4.79 Å². The average Bonchev–Trinajstić information content (AvgIpc) is 3.00. The molecule has 2 amide bonds. The number of carbonyl (C=O) groups excluding carboxylic acids is 2. The van der Waals surface area contributed by atoms with E-state index in [0.717, 1.165) is 63.4 Å². The lowest BCUT2D eigenvalue weighted by molar-refractivity contribution is -0.142. The maximum Gasteiger partial charge on any atom is 0.322 e. The lowest BCUT2D eigenvalue weighted by Gasteiger charge is -2.35. The van der Waals surface area contributed by atoms with Crippen molar-refractivity contribution in [1.29, 1.82) is 0 Å². The van der Waals surface area contributed by atoms with Gasteiger partial charge in [0.05, 0.1) is 13.7 Å². The standard InChI is InChI=1S/C24H38N4O3/c1-19(2)17-22-7-5-4-6-12-28(22)24(30)25-20-8-10-21(11-9-20)27-15-13-26(14-16-27)18-23(29)31-3/h8-11,19,22H,4-7,12-18H2,1-3H3,(H,25,30). The molecule has 2 saturated heterocycles. The molecule has 2 aliphatic heterocycles. The van der Waals surface area contributed by atoms with Crippen LogP contribution in [0.1, 0.15) is 46.0 Å². The number of hydrogen-bond donors (Lipinski definition) is 1.